The van der Waals surface area contributed by atoms with Gasteiger partial charge in [0.05, 0.1) is 6.26 Å². The Labute approximate surface area is 163 Å². The third kappa shape index (κ3) is 3.93. The molecule has 2 aromatic rings. The summed E-state index contributed by atoms with van der Waals surface area (Å²) in [4.78, 5) is 18.8. The predicted octanol–water partition coefficient (Wildman–Crippen LogP) is 2.14. The van der Waals surface area contributed by atoms with Crippen LogP contribution in [0.4, 0.5) is 4.39 Å². The van der Waals surface area contributed by atoms with E-state index in [9.17, 15) is 17.6 Å². The lowest BCUT2D eigenvalue weighted by atomic mass is 9.98. The van der Waals surface area contributed by atoms with Crippen molar-refractivity contribution in [1.82, 2.24) is 14.6 Å². The number of amides is 1. The molecule has 1 aliphatic heterocycles. The van der Waals surface area contributed by atoms with Gasteiger partial charge in [0, 0.05) is 36.8 Å². The second kappa shape index (κ2) is 7.25. The van der Waals surface area contributed by atoms with E-state index in [4.69, 9.17) is 0 Å². The quantitative estimate of drug-likeness (QED) is 0.830. The van der Waals surface area contributed by atoms with Crippen LogP contribution >= 0.6 is 0 Å². The number of hydrogen-bond donors (Lipinski definition) is 1. The number of nitrogens with zero attached hydrogens (tertiary/aromatic N) is 2. The van der Waals surface area contributed by atoms with E-state index in [-0.39, 0.29) is 29.6 Å². The molecule has 8 heteroatoms. The molecule has 148 valence electrons. The zero-order valence-electron chi connectivity index (χ0n) is 15.5. The highest BCUT2D eigenvalue weighted by atomic mass is 32.2. The van der Waals surface area contributed by atoms with Crippen molar-refractivity contribution in [3.05, 3.63) is 54.0 Å². The summed E-state index contributed by atoms with van der Waals surface area (Å²) in [5.74, 6) is -0.455. The number of rotatable bonds is 5. The summed E-state index contributed by atoms with van der Waals surface area (Å²) in [5, 5.41) is 0. The van der Waals surface area contributed by atoms with Crippen molar-refractivity contribution in [2.45, 2.75) is 24.8 Å². The van der Waals surface area contributed by atoms with Crippen molar-refractivity contribution in [2.75, 3.05) is 19.3 Å². The van der Waals surface area contributed by atoms with Gasteiger partial charge in [-0.15, -0.1) is 0 Å². The molecule has 1 saturated carbocycles. The Bertz CT molecular complexity index is 1010. The van der Waals surface area contributed by atoms with Crippen molar-refractivity contribution in [1.29, 1.82) is 0 Å². The Kier molecular flexibility index (Phi) is 4.93. The predicted molar refractivity (Wildman–Crippen MR) is 103 cm³/mol. The van der Waals surface area contributed by atoms with E-state index in [0.717, 1.165) is 17.4 Å². The number of likely N-dealkylation sites (tertiary alicyclic amines) is 1. The molecule has 2 fully saturated rings. The number of carbonyl (C=O) groups is 1. The molecule has 1 aliphatic carbocycles. The van der Waals surface area contributed by atoms with Crippen LogP contribution in [0.1, 0.15) is 24.3 Å². The summed E-state index contributed by atoms with van der Waals surface area (Å²) in [6, 6.07) is 10.2. The first kappa shape index (κ1) is 19.0. The molecular formula is C20H22FN3O3S. The van der Waals surface area contributed by atoms with Gasteiger partial charge < -0.3 is 4.90 Å². The molecule has 1 saturated heterocycles. The molecule has 1 N–H and O–H groups in total. The highest BCUT2D eigenvalue weighted by Crippen LogP contribution is 2.51. The zero-order valence-corrected chi connectivity index (χ0v) is 16.3. The minimum Gasteiger partial charge on any atom is -0.341 e. The monoisotopic (exact) mass is 403 g/mol. The van der Waals surface area contributed by atoms with Crippen LogP contribution in [0.2, 0.25) is 0 Å². The minimum absolute atomic E-state index is 0.0343. The molecular weight excluding hydrogens is 381 g/mol. The van der Waals surface area contributed by atoms with Crippen molar-refractivity contribution in [2.24, 2.45) is 5.92 Å². The first-order valence-electron chi connectivity index (χ1n) is 9.29. The second-order valence-corrected chi connectivity index (χ2v) is 9.31. The summed E-state index contributed by atoms with van der Waals surface area (Å²) in [7, 11) is -3.29. The first-order chi connectivity index (χ1) is 13.3. The Balaban J connectivity index is 1.48. The standard InChI is InChI=1S/C20H22FN3O3S/c1-28(26,27)23-13-8-10-24(12-13)20(25)17-11-16(17)14-5-2-3-6-15(14)19-18(21)7-4-9-22-19/h2-7,9,13,16-17,23H,8,10-12H2,1H3/t13-,16-,17+/m0/s1. The topological polar surface area (TPSA) is 79.4 Å². The minimum atomic E-state index is -3.29. The molecule has 2 aliphatic rings. The van der Waals surface area contributed by atoms with E-state index in [1.165, 1.54) is 6.07 Å². The van der Waals surface area contributed by atoms with Gasteiger partial charge in [0.2, 0.25) is 15.9 Å². The smallest absolute Gasteiger partial charge is 0.226 e. The largest absolute Gasteiger partial charge is 0.341 e. The number of carbonyl (C=O) groups excluding carboxylic acids is 1. The lowest BCUT2D eigenvalue weighted by molar-refractivity contribution is -0.131. The van der Waals surface area contributed by atoms with Gasteiger partial charge in [-0.3, -0.25) is 9.78 Å². The van der Waals surface area contributed by atoms with E-state index in [0.29, 0.717) is 31.6 Å². The lowest BCUT2D eigenvalue weighted by Crippen LogP contribution is -2.38. The van der Waals surface area contributed by atoms with Crippen LogP contribution in [-0.2, 0) is 14.8 Å². The molecule has 1 aromatic carbocycles. The summed E-state index contributed by atoms with van der Waals surface area (Å²) >= 11 is 0. The summed E-state index contributed by atoms with van der Waals surface area (Å²) in [5.41, 5.74) is 1.96. The fourth-order valence-electron chi connectivity index (χ4n) is 4.03. The molecule has 2 heterocycles. The number of halogens is 1. The maximum atomic E-state index is 14.2. The molecule has 0 spiro atoms. The van der Waals surface area contributed by atoms with Crippen LogP contribution in [-0.4, -0.2) is 49.6 Å². The van der Waals surface area contributed by atoms with Crippen molar-refractivity contribution in [3.8, 4) is 11.3 Å². The Morgan fingerprint density at radius 3 is 2.79 bits per heavy atom. The fraction of sp³-hybridized carbons (Fsp3) is 0.400. The number of sulfonamides is 1. The van der Waals surface area contributed by atoms with E-state index in [2.05, 4.69) is 9.71 Å². The number of nitrogens with one attached hydrogen (secondary N) is 1. The summed E-state index contributed by atoms with van der Waals surface area (Å²) in [6.07, 6.45) is 4.02. The van der Waals surface area contributed by atoms with Crippen LogP contribution in [0.5, 0.6) is 0 Å². The Morgan fingerprint density at radius 1 is 1.25 bits per heavy atom. The van der Waals surface area contributed by atoms with E-state index >= 15 is 0 Å². The maximum absolute atomic E-state index is 14.2. The van der Waals surface area contributed by atoms with Gasteiger partial charge in [0.25, 0.3) is 0 Å². The van der Waals surface area contributed by atoms with Gasteiger partial charge in [0.1, 0.15) is 11.5 Å². The van der Waals surface area contributed by atoms with E-state index < -0.39 is 10.0 Å². The number of aromatic nitrogens is 1. The van der Waals surface area contributed by atoms with Crippen LogP contribution in [0.15, 0.2) is 42.6 Å². The third-order valence-electron chi connectivity index (χ3n) is 5.36. The van der Waals surface area contributed by atoms with Gasteiger partial charge in [-0.2, -0.15) is 0 Å². The molecule has 0 bridgehead atoms. The Morgan fingerprint density at radius 2 is 2.04 bits per heavy atom. The van der Waals surface area contributed by atoms with Crippen LogP contribution in [0, 0.1) is 11.7 Å². The van der Waals surface area contributed by atoms with E-state index in [1.54, 1.807) is 17.2 Å². The van der Waals surface area contributed by atoms with Gasteiger partial charge in [-0.05, 0) is 36.5 Å². The number of hydrogen-bond acceptors (Lipinski definition) is 4. The third-order valence-corrected chi connectivity index (χ3v) is 6.12. The van der Waals surface area contributed by atoms with Crippen LogP contribution in [0.25, 0.3) is 11.3 Å². The molecule has 4 rings (SSSR count). The highest BCUT2D eigenvalue weighted by Gasteiger charge is 2.47. The van der Waals surface area contributed by atoms with Gasteiger partial charge >= 0.3 is 0 Å². The molecule has 6 nitrogen and oxygen atoms in total. The molecule has 0 unspecified atom stereocenters. The summed E-state index contributed by atoms with van der Waals surface area (Å²) in [6.45, 7) is 0.942. The normalized spacial score (nSPS) is 24.4. The van der Waals surface area contributed by atoms with Gasteiger partial charge in [-0.1, -0.05) is 24.3 Å². The number of pyridine rings is 1. The molecule has 0 radical (unpaired) electrons. The molecule has 3 atom stereocenters. The van der Waals surface area contributed by atoms with Crippen molar-refractivity contribution >= 4 is 15.9 Å². The zero-order chi connectivity index (χ0) is 19.9. The second-order valence-electron chi connectivity index (χ2n) is 7.53. The molecule has 28 heavy (non-hydrogen) atoms. The van der Waals surface area contributed by atoms with Gasteiger partial charge in [-0.25, -0.2) is 17.5 Å². The van der Waals surface area contributed by atoms with Crippen molar-refractivity contribution in [3.63, 3.8) is 0 Å². The summed E-state index contributed by atoms with van der Waals surface area (Å²) < 4.78 is 39.6. The van der Waals surface area contributed by atoms with Crippen LogP contribution < -0.4 is 4.72 Å². The fourth-order valence-corrected chi connectivity index (χ4v) is 4.82. The Hall–Kier alpha value is -2.32. The average molecular weight is 403 g/mol. The number of benzene rings is 1. The van der Waals surface area contributed by atoms with Gasteiger partial charge in [0.15, 0.2) is 0 Å². The van der Waals surface area contributed by atoms with Crippen molar-refractivity contribution < 1.29 is 17.6 Å². The molecule has 1 amide bonds. The first-order valence-corrected chi connectivity index (χ1v) is 11.2. The maximum Gasteiger partial charge on any atom is 0.226 e. The highest BCUT2D eigenvalue weighted by molar-refractivity contribution is 7.88. The lowest BCUT2D eigenvalue weighted by Gasteiger charge is -2.17. The van der Waals surface area contributed by atoms with Crippen LogP contribution in [0.3, 0.4) is 0 Å². The SMILES string of the molecule is CS(=O)(=O)N[C@H]1CCN(C(=O)[C@@H]2C[C@H]2c2ccccc2-c2ncccc2F)C1. The van der Waals surface area contributed by atoms with E-state index in [1.807, 2.05) is 24.3 Å². The average Bonchev–Trinajstić information content (AvgIpc) is 3.32. The molecule has 1 aromatic heterocycles.